The zero-order chi connectivity index (χ0) is 27.2. The SMILES string of the molecule is CN1CCc2nc(NC(=O)c3cccc(C(Cc4ccccc4)NC(=O)Nc4cccc(C#N)c4)c3)sc2C1. The first-order valence-corrected chi connectivity index (χ1v) is 13.5. The van der Waals surface area contributed by atoms with Crippen LogP contribution in [-0.4, -0.2) is 35.4 Å². The third kappa shape index (κ3) is 6.68. The maximum Gasteiger partial charge on any atom is 0.319 e. The van der Waals surface area contributed by atoms with Crippen LogP contribution in [0.25, 0.3) is 0 Å². The largest absolute Gasteiger partial charge is 0.331 e. The summed E-state index contributed by atoms with van der Waals surface area (Å²) in [7, 11) is 2.08. The van der Waals surface area contributed by atoms with Crippen LogP contribution in [0.15, 0.2) is 78.9 Å². The molecule has 1 atom stereocenters. The van der Waals surface area contributed by atoms with Crippen LogP contribution in [0.5, 0.6) is 0 Å². The van der Waals surface area contributed by atoms with Crippen molar-refractivity contribution in [3.05, 3.63) is 112 Å². The van der Waals surface area contributed by atoms with E-state index in [1.807, 2.05) is 42.5 Å². The van der Waals surface area contributed by atoms with Crippen molar-refractivity contribution >= 4 is 34.1 Å². The summed E-state index contributed by atoms with van der Waals surface area (Å²) in [4.78, 5) is 34.2. The molecule has 3 N–H and O–H groups in total. The summed E-state index contributed by atoms with van der Waals surface area (Å²) < 4.78 is 0. The molecule has 196 valence electrons. The van der Waals surface area contributed by atoms with Crippen molar-refractivity contribution in [2.75, 3.05) is 24.2 Å². The minimum atomic E-state index is -0.404. The molecule has 1 unspecified atom stereocenters. The third-order valence-corrected chi connectivity index (χ3v) is 7.53. The van der Waals surface area contributed by atoms with Crippen molar-refractivity contribution in [3.8, 4) is 6.07 Å². The number of nitriles is 1. The number of aromatic nitrogens is 1. The van der Waals surface area contributed by atoms with Crippen molar-refractivity contribution in [2.24, 2.45) is 0 Å². The molecule has 2 heterocycles. The number of hydrogen-bond donors (Lipinski definition) is 3. The van der Waals surface area contributed by atoms with Gasteiger partial charge in [0.15, 0.2) is 5.13 Å². The number of rotatable bonds is 7. The van der Waals surface area contributed by atoms with Gasteiger partial charge in [0.2, 0.25) is 0 Å². The third-order valence-electron chi connectivity index (χ3n) is 6.53. The van der Waals surface area contributed by atoms with E-state index in [9.17, 15) is 9.59 Å². The minimum Gasteiger partial charge on any atom is -0.331 e. The van der Waals surface area contributed by atoms with E-state index in [4.69, 9.17) is 5.26 Å². The Bertz CT molecular complexity index is 1530. The number of anilines is 2. The van der Waals surface area contributed by atoms with Crippen LogP contribution >= 0.6 is 11.3 Å². The molecule has 4 aromatic rings. The second-order valence-electron chi connectivity index (χ2n) is 9.49. The Morgan fingerprint density at radius 2 is 1.87 bits per heavy atom. The van der Waals surface area contributed by atoms with Crippen LogP contribution in [0.2, 0.25) is 0 Å². The molecule has 1 aromatic heterocycles. The molecular weight excluding hydrogens is 508 g/mol. The number of urea groups is 1. The predicted molar refractivity (Wildman–Crippen MR) is 153 cm³/mol. The molecule has 0 radical (unpaired) electrons. The predicted octanol–water partition coefficient (Wildman–Crippen LogP) is 5.36. The Morgan fingerprint density at radius 3 is 2.69 bits per heavy atom. The molecule has 1 aliphatic heterocycles. The lowest BCUT2D eigenvalue weighted by Gasteiger charge is -2.20. The molecule has 8 nitrogen and oxygen atoms in total. The molecule has 3 amide bonds. The molecule has 3 aromatic carbocycles. The first-order chi connectivity index (χ1) is 19.0. The average molecular weight is 537 g/mol. The van der Waals surface area contributed by atoms with E-state index in [-0.39, 0.29) is 5.91 Å². The Labute approximate surface area is 231 Å². The van der Waals surface area contributed by atoms with Gasteiger partial charge in [-0.3, -0.25) is 10.1 Å². The highest BCUT2D eigenvalue weighted by molar-refractivity contribution is 7.15. The number of fused-ring (bicyclic) bond motifs is 1. The van der Waals surface area contributed by atoms with Crippen LogP contribution < -0.4 is 16.0 Å². The first-order valence-electron chi connectivity index (χ1n) is 12.7. The number of nitrogens with zero attached hydrogens (tertiary/aromatic N) is 3. The number of carbonyl (C=O) groups is 2. The van der Waals surface area contributed by atoms with Gasteiger partial charge >= 0.3 is 6.03 Å². The number of amides is 3. The fraction of sp³-hybridized carbons (Fsp3) is 0.200. The van der Waals surface area contributed by atoms with E-state index >= 15 is 0 Å². The zero-order valence-electron chi connectivity index (χ0n) is 21.5. The summed E-state index contributed by atoms with van der Waals surface area (Å²) >= 11 is 1.52. The molecular formula is C30H28N6O2S. The molecule has 0 bridgehead atoms. The number of benzene rings is 3. The molecule has 39 heavy (non-hydrogen) atoms. The van der Waals surface area contributed by atoms with Gasteiger partial charge in [0, 0.05) is 35.6 Å². The summed E-state index contributed by atoms with van der Waals surface area (Å²) in [5.74, 6) is -0.243. The van der Waals surface area contributed by atoms with Crippen molar-refractivity contribution < 1.29 is 9.59 Å². The lowest BCUT2D eigenvalue weighted by atomic mass is 9.97. The summed E-state index contributed by atoms with van der Waals surface area (Å²) in [6.07, 6.45) is 1.41. The zero-order valence-corrected chi connectivity index (χ0v) is 22.3. The number of carbonyl (C=O) groups excluding carboxylic acids is 2. The number of nitrogens with one attached hydrogen (secondary N) is 3. The van der Waals surface area contributed by atoms with Crippen molar-refractivity contribution in [3.63, 3.8) is 0 Å². The highest BCUT2D eigenvalue weighted by Gasteiger charge is 2.21. The van der Waals surface area contributed by atoms with Gasteiger partial charge in [0.05, 0.1) is 23.4 Å². The van der Waals surface area contributed by atoms with E-state index in [0.717, 1.165) is 36.3 Å². The van der Waals surface area contributed by atoms with Gasteiger partial charge in [-0.1, -0.05) is 48.5 Å². The van der Waals surface area contributed by atoms with Crippen LogP contribution in [0.4, 0.5) is 15.6 Å². The van der Waals surface area contributed by atoms with E-state index in [1.54, 1.807) is 36.4 Å². The highest BCUT2D eigenvalue weighted by Crippen LogP contribution is 2.28. The average Bonchev–Trinajstić information content (AvgIpc) is 3.34. The van der Waals surface area contributed by atoms with Gasteiger partial charge in [-0.2, -0.15) is 5.26 Å². The number of hydrogen-bond acceptors (Lipinski definition) is 6. The normalized spacial score (nSPS) is 13.5. The van der Waals surface area contributed by atoms with E-state index < -0.39 is 12.1 Å². The molecule has 9 heteroatoms. The van der Waals surface area contributed by atoms with Crippen LogP contribution in [0, 0.1) is 11.3 Å². The topological polar surface area (TPSA) is 110 Å². The Hall–Kier alpha value is -4.52. The molecule has 0 saturated carbocycles. The minimum absolute atomic E-state index is 0.243. The molecule has 0 spiro atoms. The Kier molecular flexibility index (Phi) is 7.96. The van der Waals surface area contributed by atoms with Gasteiger partial charge in [-0.25, -0.2) is 9.78 Å². The standard InChI is InChI=1S/C30H28N6O2S/c1-36-14-13-25-27(19-36)39-30(34-25)35-28(37)23-11-6-10-22(17-23)26(16-20-7-3-2-4-8-20)33-29(38)32-24-12-5-9-21(15-24)18-31/h2-12,15,17,26H,13-14,16,19H2,1H3,(H2,32,33,38)(H,34,35,37). The second-order valence-corrected chi connectivity index (χ2v) is 10.6. The summed E-state index contributed by atoms with van der Waals surface area (Å²) in [6, 6.07) is 25.1. The lowest BCUT2D eigenvalue weighted by molar-refractivity contribution is 0.102. The fourth-order valence-corrected chi connectivity index (χ4v) is 5.62. The van der Waals surface area contributed by atoms with Crippen LogP contribution in [0.3, 0.4) is 0 Å². The van der Waals surface area contributed by atoms with Crippen LogP contribution in [-0.2, 0) is 19.4 Å². The molecule has 0 saturated heterocycles. The molecule has 0 aliphatic carbocycles. The van der Waals surface area contributed by atoms with E-state index in [0.29, 0.717) is 28.4 Å². The number of thiazole rings is 1. The van der Waals surface area contributed by atoms with Crippen molar-refractivity contribution in [1.82, 2.24) is 15.2 Å². The monoisotopic (exact) mass is 536 g/mol. The fourth-order valence-electron chi connectivity index (χ4n) is 4.54. The van der Waals surface area contributed by atoms with E-state index in [1.165, 1.54) is 16.2 Å². The van der Waals surface area contributed by atoms with Crippen LogP contribution in [0.1, 0.15) is 43.7 Å². The van der Waals surface area contributed by atoms with Gasteiger partial charge in [0.1, 0.15) is 0 Å². The summed E-state index contributed by atoms with van der Waals surface area (Å²) in [5.41, 5.74) is 4.37. The number of likely N-dealkylation sites (N-methyl/N-ethyl adjacent to an activating group) is 1. The van der Waals surface area contributed by atoms with Gasteiger partial charge in [-0.15, -0.1) is 11.3 Å². The highest BCUT2D eigenvalue weighted by atomic mass is 32.1. The van der Waals surface area contributed by atoms with Gasteiger partial charge < -0.3 is 15.5 Å². The van der Waals surface area contributed by atoms with Crippen molar-refractivity contribution in [1.29, 1.82) is 5.26 Å². The second kappa shape index (κ2) is 11.9. The smallest absolute Gasteiger partial charge is 0.319 e. The Morgan fingerprint density at radius 1 is 1.05 bits per heavy atom. The molecule has 0 fully saturated rings. The Balaban J connectivity index is 1.34. The van der Waals surface area contributed by atoms with Gasteiger partial charge in [0.25, 0.3) is 5.91 Å². The van der Waals surface area contributed by atoms with Crippen molar-refractivity contribution in [2.45, 2.75) is 25.4 Å². The van der Waals surface area contributed by atoms with E-state index in [2.05, 4.69) is 39.0 Å². The quantitative estimate of drug-likeness (QED) is 0.295. The lowest BCUT2D eigenvalue weighted by Crippen LogP contribution is -2.34. The first kappa shape index (κ1) is 26.1. The maximum atomic E-state index is 13.2. The molecule has 1 aliphatic rings. The summed E-state index contributed by atoms with van der Waals surface area (Å²) in [5, 5.41) is 18.6. The van der Waals surface area contributed by atoms with Gasteiger partial charge in [-0.05, 0) is 54.9 Å². The molecule has 5 rings (SSSR count). The summed E-state index contributed by atoms with van der Waals surface area (Å²) in [6.45, 7) is 1.80. The maximum absolute atomic E-state index is 13.2.